The third-order valence-electron chi connectivity index (χ3n) is 15.7. The number of unbranched alkanes of at least 4 members (excludes halogenated alkanes) is 38. The van der Waals surface area contributed by atoms with Crippen molar-refractivity contribution in [2.75, 3.05) is 39.6 Å². The summed E-state index contributed by atoms with van der Waals surface area (Å²) in [4.78, 5) is 12.4. The van der Waals surface area contributed by atoms with E-state index in [1.165, 1.54) is 289 Å². The molecule has 7 heteroatoms. The van der Waals surface area contributed by atoms with Gasteiger partial charge in [0.05, 0.1) is 38.5 Å². The monoisotopic (exact) mass is 1040 g/mol. The van der Waals surface area contributed by atoms with Gasteiger partial charge in [0.2, 0.25) is 5.91 Å². The van der Waals surface area contributed by atoms with Crippen molar-refractivity contribution in [1.82, 2.24) is 5.32 Å². The highest BCUT2D eigenvalue weighted by Gasteiger charge is 2.14. The van der Waals surface area contributed by atoms with E-state index < -0.39 is 0 Å². The lowest BCUT2D eigenvalue weighted by atomic mass is 9.91. The Kier molecular flexibility index (Phi) is 66.8. The molecule has 4 atom stereocenters. The normalized spacial score (nSPS) is 13.2. The number of hydrogen-bond donors (Lipinski definition) is 4. The molecule has 0 aliphatic heterocycles. The number of nitrogens with two attached hydrogens (primary N) is 1. The first-order valence-corrected chi connectivity index (χ1v) is 33.3. The van der Waals surface area contributed by atoms with Gasteiger partial charge in [0.25, 0.3) is 0 Å². The Balaban J connectivity index is 0. The smallest absolute Gasteiger partial charge is 0.220 e. The van der Waals surface area contributed by atoms with Crippen molar-refractivity contribution in [2.24, 2.45) is 17.6 Å². The summed E-state index contributed by atoms with van der Waals surface area (Å²) in [5.74, 6) is 1.61. The van der Waals surface area contributed by atoms with E-state index in [0.717, 1.165) is 50.7 Å². The van der Waals surface area contributed by atoms with Crippen LogP contribution in [0.3, 0.4) is 0 Å². The highest BCUT2D eigenvalue weighted by atomic mass is 16.5. The number of aliphatic hydroxyl groups excluding tert-OH is 2. The second-order valence-electron chi connectivity index (χ2n) is 23.2. The molecule has 0 aromatic heterocycles. The molecule has 0 aliphatic rings. The molecule has 0 aliphatic carbocycles. The minimum Gasteiger partial charge on any atom is -0.395 e. The molecule has 7 nitrogen and oxygen atoms in total. The fraction of sp³-hybridized carbons (Fsp3) is 0.985. The zero-order chi connectivity index (χ0) is 53.6. The number of carbonyl (C=O) groups is 1. The summed E-state index contributed by atoms with van der Waals surface area (Å²) in [5.41, 5.74) is 5.72. The molecule has 0 heterocycles. The highest BCUT2D eigenvalue weighted by molar-refractivity contribution is 5.76. The molecule has 5 N–H and O–H groups in total. The van der Waals surface area contributed by atoms with Crippen LogP contribution < -0.4 is 11.1 Å². The van der Waals surface area contributed by atoms with Crippen LogP contribution >= 0.6 is 0 Å². The van der Waals surface area contributed by atoms with Crippen LogP contribution in [0.25, 0.3) is 0 Å². The maximum absolute atomic E-state index is 12.4. The number of aliphatic hydroxyl groups is 2. The van der Waals surface area contributed by atoms with Crippen molar-refractivity contribution >= 4 is 5.91 Å². The Morgan fingerprint density at radius 2 is 0.616 bits per heavy atom. The summed E-state index contributed by atoms with van der Waals surface area (Å²) in [7, 11) is 0. The average Bonchev–Trinajstić information content (AvgIpc) is 3.40. The zero-order valence-electron chi connectivity index (χ0n) is 50.6. The molecular formula is C66H136N2O5. The van der Waals surface area contributed by atoms with Gasteiger partial charge in [-0.3, -0.25) is 4.79 Å². The van der Waals surface area contributed by atoms with Crippen LogP contribution in [0.4, 0.5) is 0 Å². The summed E-state index contributed by atoms with van der Waals surface area (Å²) < 4.78 is 11.7. The van der Waals surface area contributed by atoms with E-state index in [-0.39, 0.29) is 31.2 Å². The van der Waals surface area contributed by atoms with Gasteiger partial charge in [0.15, 0.2) is 0 Å². The highest BCUT2D eigenvalue weighted by Crippen LogP contribution is 2.24. The molecule has 0 rings (SSSR count). The maximum atomic E-state index is 12.4. The van der Waals surface area contributed by atoms with Crippen LogP contribution in [0.5, 0.6) is 0 Å². The number of rotatable bonds is 61. The summed E-state index contributed by atoms with van der Waals surface area (Å²) in [5, 5.41) is 21.8. The van der Waals surface area contributed by atoms with E-state index in [1.54, 1.807) is 0 Å². The number of ether oxygens (including phenoxy) is 2. The molecule has 0 bridgehead atoms. The molecule has 0 spiro atoms. The van der Waals surface area contributed by atoms with E-state index in [1.807, 2.05) is 0 Å². The summed E-state index contributed by atoms with van der Waals surface area (Å²) in [6.45, 7) is 13.8. The van der Waals surface area contributed by atoms with Crippen LogP contribution in [0.15, 0.2) is 0 Å². The Morgan fingerprint density at radius 3 is 0.890 bits per heavy atom. The van der Waals surface area contributed by atoms with Gasteiger partial charge in [-0.2, -0.15) is 0 Å². The van der Waals surface area contributed by atoms with Crippen LogP contribution in [0.1, 0.15) is 356 Å². The fourth-order valence-electron chi connectivity index (χ4n) is 10.5. The van der Waals surface area contributed by atoms with E-state index in [0.29, 0.717) is 19.6 Å². The quantitative estimate of drug-likeness (QED) is 0.0451. The van der Waals surface area contributed by atoms with Crippen molar-refractivity contribution in [1.29, 1.82) is 0 Å². The lowest BCUT2D eigenvalue weighted by Crippen LogP contribution is -2.40. The lowest BCUT2D eigenvalue weighted by molar-refractivity contribution is -0.122. The average molecular weight is 1040 g/mol. The van der Waals surface area contributed by atoms with Crippen molar-refractivity contribution in [3.63, 3.8) is 0 Å². The summed E-state index contributed by atoms with van der Waals surface area (Å²) >= 11 is 0. The predicted molar refractivity (Wildman–Crippen MR) is 322 cm³/mol. The first-order chi connectivity index (χ1) is 35.9. The minimum absolute atomic E-state index is 0.0135. The lowest BCUT2D eigenvalue weighted by Gasteiger charge is -2.19. The van der Waals surface area contributed by atoms with Crippen molar-refractivity contribution in [2.45, 2.75) is 368 Å². The molecule has 440 valence electrons. The molecule has 0 unspecified atom stereocenters. The summed E-state index contributed by atoms with van der Waals surface area (Å²) in [6.07, 6.45) is 67.0. The van der Waals surface area contributed by atoms with Gasteiger partial charge >= 0.3 is 0 Å². The van der Waals surface area contributed by atoms with Gasteiger partial charge in [0.1, 0.15) is 0 Å². The van der Waals surface area contributed by atoms with Crippen LogP contribution in [0.2, 0.25) is 0 Å². The van der Waals surface area contributed by atoms with Crippen molar-refractivity contribution in [3.05, 3.63) is 0 Å². The Morgan fingerprint density at radius 1 is 0.356 bits per heavy atom. The van der Waals surface area contributed by atoms with E-state index in [2.05, 4.69) is 39.9 Å². The SMILES string of the molecule is CCCCCCCCCCCCCC(=O)N[C@@H](CO)COCC[C@H](CCCCCCC)CCCCCCCCCCCCC.CCCCCCCCCCCCC[C@@H](CCCCCCC)CCOC[C@@H](N)CO. The van der Waals surface area contributed by atoms with Crippen molar-refractivity contribution < 1.29 is 24.5 Å². The van der Waals surface area contributed by atoms with Gasteiger partial charge in [-0.05, 0) is 31.1 Å². The number of nitrogens with one attached hydrogen (secondary N) is 1. The van der Waals surface area contributed by atoms with Gasteiger partial charge < -0.3 is 30.7 Å². The number of carbonyl (C=O) groups excluding carboxylic acids is 1. The topological polar surface area (TPSA) is 114 Å². The van der Waals surface area contributed by atoms with Gasteiger partial charge in [-0.15, -0.1) is 0 Å². The molecule has 0 radical (unpaired) electrons. The molecule has 73 heavy (non-hydrogen) atoms. The molecule has 1 amide bonds. The maximum Gasteiger partial charge on any atom is 0.220 e. The third kappa shape index (κ3) is 62.0. The Hall–Kier alpha value is -0.730. The Labute approximate surface area is 458 Å². The summed E-state index contributed by atoms with van der Waals surface area (Å²) in [6, 6.07) is -0.511. The van der Waals surface area contributed by atoms with Crippen LogP contribution in [-0.4, -0.2) is 67.8 Å². The molecule has 0 saturated heterocycles. The largest absolute Gasteiger partial charge is 0.395 e. The van der Waals surface area contributed by atoms with E-state index >= 15 is 0 Å². The van der Waals surface area contributed by atoms with Crippen LogP contribution in [0, 0.1) is 11.8 Å². The molecule has 0 fully saturated rings. The predicted octanol–water partition coefficient (Wildman–Crippen LogP) is 19.6. The zero-order valence-corrected chi connectivity index (χ0v) is 50.6. The first kappa shape index (κ1) is 74.3. The van der Waals surface area contributed by atoms with E-state index in [4.69, 9.17) is 20.3 Å². The second kappa shape index (κ2) is 65.6. The standard InChI is InChI=1S/C40H81NO3.C26H55NO2/c1-4-7-10-13-15-17-19-21-23-26-29-32-38(31-28-25-12-9-6-3)34-35-44-37-39(36-42)41-40(43)33-30-27-24-22-20-18-16-14-11-8-5-2;1-3-5-7-9-10-11-12-13-14-16-18-20-25(19-17-15-8-6-4-2)21-22-29-24-26(27)23-28/h38-39,42H,4-37H2,1-3H3,(H,41,43);25-26,28H,3-24,27H2,1-2H3/t38-,39+;25-,26+/m11/s1. The van der Waals surface area contributed by atoms with Crippen molar-refractivity contribution in [3.8, 4) is 0 Å². The van der Waals surface area contributed by atoms with Gasteiger partial charge in [-0.25, -0.2) is 0 Å². The number of hydrogen-bond acceptors (Lipinski definition) is 6. The van der Waals surface area contributed by atoms with Gasteiger partial charge in [0, 0.05) is 19.6 Å². The molecule has 0 saturated carbocycles. The second-order valence-corrected chi connectivity index (χ2v) is 23.2. The Bertz CT molecular complexity index is 1000. The van der Waals surface area contributed by atoms with Gasteiger partial charge in [-0.1, -0.05) is 330 Å². The third-order valence-corrected chi connectivity index (χ3v) is 15.7. The first-order valence-electron chi connectivity index (χ1n) is 33.3. The minimum atomic E-state index is -0.283. The molecule has 0 aromatic rings. The van der Waals surface area contributed by atoms with Crippen LogP contribution in [-0.2, 0) is 14.3 Å². The molecule has 0 aromatic carbocycles. The molecular weight excluding hydrogens is 901 g/mol. The number of amides is 1. The van der Waals surface area contributed by atoms with E-state index in [9.17, 15) is 9.90 Å². The fourth-order valence-corrected chi connectivity index (χ4v) is 10.5.